The first-order valence-corrected chi connectivity index (χ1v) is 10.8. The molecule has 0 aromatic heterocycles. The number of nitrogens with one attached hydrogen (secondary N) is 2. The van der Waals surface area contributed by atoms with E-state index in [1.807, 2.05) is 0 Å². The molecule has 2 N–H and O–H groups in total. The van der Waals surface area contributed by atoms with Crippen molar-refractivity contribution in [2.24, 2.45) is 0 Å². The van der Waals surface area contributed by atoms with E-state index in [-0.39, 0.29) is 4.90 Å². The second kappa shape index (κ2) is 8.08. The fraction of sp³-hybridized carbons (Fsp3) is 0.136. The van der Waals surface area contributed by atoms with Crippen LogP contribution in [0.5, 0.6) is 5.75 Å². The average Bonchev–Trinajstić information content (AvgIpc) is 3.18. The topological polar surface area (TPSA) is 87.7 Å². The molecule has 3 aromatic rings. The first-order chi connectivity index (χ1) is 14.5. The Bertz CT molecular complexity index is 1180. The summed E-state index contributed by atoms with van der Waals surface area (Å²) >= 11 is 0. The fourth-order valence-electron chi connectivity index (χ4n) is 3.41. The van der Waals surface area contributed by atoms with Crippen molar-refractivity contribution in [3.63, 3.8) is 0 Å². The zero-order chi connectivity index (χ0) is 21.1. The average molecular weight is 423 g/mol. The Hall–Kier alpha value is -3.52. The summed E-state index contributed by atoms with van der Waals surface area (Å²) in [4.78, 5) is 12.6. The van der Waals surface area contributed by atoms with Crippen molar-refractivity contribution in [2.75, 3.05) is 28.6 Å². The van der Waals surface area contributed by atoms with Crippen LogP contribution >= 0.6 is 0 Å². The smallest absolute Gasteiger partial charge is 0.323 e. The quantitative estimate of drug-likeness (QED) is 0.647. The molecule has 30 heavy (non-hydrogen) atoms. The molecule has 0 spiro atoms. The first kappa shape index (κ1) is 19.8. The van der Waals surface area contributed by atoms with Gasteiger partial charge in [0.1, 0.15) is 5.75 Å². The number of benzene rings is 3. The summed E-state index contributed by atoms with van der Waals surface area (Å²) in [5.74, 6) is 0.644. The number of fused-ring (bicyclic) bond motifs is 1. The SMILES string of the molecule is COc1cccc(NC(=O)Nc2ccc3c(c2)CCN3S(=O)(=O)c2ccccc2)c1. The van der Waals surface area contributed by atoms with Crippen LogP contribution in [0.2, 0.25) is 0 Å². The van der Waals surface area contributed by atoms with Crippen LogP contribution in [0.4, 0.5) is 21.9 Å². The zero-order valence-electron chi connectivity index (χ0n) is 16.3. The molecule has 0 saturated carbocycles. The van der Waals surface area contributed by atoms with Gasteiger partial charge in [-0.2, -0.15) is 0 Å². The number of sulfonamides is 1. The Labute approximate surface area is 175 Å². The molecule has 0 radical (unpaired) electrons. The normalized spacial score (nSPS) is 12.9. The molecule has 2 amide bonds. The summed E-state index contributed by atoms with van der Waals surface area (Å²) in [6.45, 7) is 0.367. The third-order valence-corrected chi connectivity index (χ3v) is 6.68. The van der Waals surface area contributed by atoms with Crippen LogP contribution < -0.4 is 19.7 Å². The molecule has 7 nitrogen and oxygen atoms in total. The first-order valence-electron chi connectivity index (χ1n) is 9.40. The third kappa shape index (κ3) is 3.95. The van der Waals surface area contributed by atoms with Gasteiger partial charge >= 0.3 is 6.03 Å². The number of methoxy groups -OCH3 is 1. The number of carbonyl (C=O) groups excluding carboxylic acids is 1. The fourth-order valence-corrected chi connectivity index (χ4v) is 4.94. The molecule has 4 rings (SSSR count). The molecular weight excluding hydrogens is 402 g/mol. The minimum absolute atomic E-state index is 0.262. The van der Waals surface area contributed by atoms with Gasteiger partial charge in [-0.3, -0.25) is 4.31 Å². The molecule has 0 atom stereocenters. The molecule has 1 aliphatic rings. The highest BCUT2D eigenvalue weighted by Crippen LogP contribution is 2.34. The van der Waals surface area contributed by atoms with E-state index in [0.717, 1.165) is 5.56 Å². The van der Waals surface area contributed by atoms with Crippen molar-refractivity contribution < 1.29 is 17.9 Å². The minimum Gasteiger partial charge on any atom is -0.497 e. The Kier molecular flexibility index (Phi) is 5.33. The van der Waals surface area contributed by atoms with Gasteiger partial charge in [-0.15, -0.1) is 0 Å². The lowest BCUT2D eigenvalue weighted by molar-refractivity contribution is 0.262. The largest absolute Gasteiger partial charge is 0.497 e. The third-order valence-electron chi connectivity index (χ3n) is 4.85. The molecule has 1 aliphatic heterocycles. The lowest BCUT2D eigenvalue weighted by Gasteiger charge is -2.19. The summed E-state index contributed by atoms with van der Waals surface area (Å²) in [5, 5.41) is 5.54. The van der Waals surface area contributed by atoms with Gasteiger partial charge in [-0.1, -0.05) is 24.3 Å². The Balaban J connectivity index is 1.49. The lowest BCUT2D eigenvalue weighted by Crippen LogP contribution is -2.29. The monoisotopic (exact) mass is 423 g/mol. The summed E-state index contributed by atoms with van der Waals surface area (Å²) in [5.41, 5.74) is 2.70. The van der Waals surface area contributed by atoms with Gasteiger partial charge in [0.05, 0.1) is 17.7 Å². The highest BCUT2D eigenvalue weighted by atomic mass is 32.2. The number of rotatable bonds is 5. The second-order valence-electron chi connectivity index (χ2n) is 6.79. The van der Waals surface area contributed by atoms with E-state index in [9.17, 15) is 13.2 Å². The zero-order valence-corrected chi connectivity index (χ0v) is 17.1. The van der Waals surface area contributed by atoms with E-state index in [4.69, 9.17) is 4.74 Å². The molecule has 0 saturated heterocycles. The molecule has 8 heteroatoms. The molecule has 0 aliphatic carbocycles. The summed E-state index contributed by atoms with van der Waals surface area (Å²) in [7, 11) is -2.05. The van der Waals surface area contributed by atoms with Gasteiger partial charge < -0.3 is 15.4 Å². The number of ether oxygens (including phenoxy) is 1. The number of hydrogen-bond acceptors (Lipinski definition) is 4. The van der Waals surface area contributed by atoms with Crippen LogP contribution in [-0.4, -0.2) is 28.1 Å². The Morgan fingerprint density at radius 2 is 1.67 bits per heavy atom. The van der Waals surface area contributed by atoms with Crippen LogP contribution in [-0.2, 0) is 16.4 Å². The van der Waals surface area contributed by atoms with Gasteiger partial charge in [0.15, 0.2) is 0 Å². The molecule has 0 fully saturated rings. The number of hydrogen-bond donors (Lipinski definition) is 2. The van der Waals surface area contributed by atoms with Crippen LogP contribution in [0, 0.1) is 0 Å². The molecule has 3 aromatic carbocycles. The van der Waals surface area contributed by atoms with Crippen molar-refractivity contribution in [3.05, 3.63) is 78.4 Å². The molecule has 0 unspecified atom stereocenters. The van der Waals surface area contributed by atoms with Crippen LogP contribution in [0.3, 0.4) is 0 Å². The standard InChI is InChI=1S/C22H21N3O4S/c1-29-19-7-5-6-17(15-19)23-22(26)24-18-10-11-21-16(14-18)12-13-25(21)30(27,28)20-8-3-2-4-9-20/h2-11,14-15H,12-13H2,1H3,(H2,23,24,26). The summed E-state index contributed by atoms with van der Waals surface area (Å²) in [6.07, 6.45) is 0.578. The van der Waals surface area contributed by atoms with E-state index < -0.39 is 16.1 Å². The number of carbonyl (C=O) groups is 1. The number of nitrogens with zero attached hydrogens (tertiary/aromatic N) is 1. The van der Waals surface area contributed by atoms with Gasteiger partial charge in [-0.05, 0) is 54.4 Å². The van der Waals surface area contributed by atoms with E-state index >= 15 is 0 Å². The van der Waals surface area contributed by atoms with Crippen molar-refractivity contribution in [2.45, 2.75) is 11.3 Å². The summed E-state index contributed by atoms with van der Waals surface area (Å²) < 4.78 is 32.5. The van der Waals surface area contributed by atoms with Gasteiger partial charge in [-0.25, -0.2) is 13.2 Å². The predicted molar refractivity (Wildman–Crippen MR) is 117 cm³/mol. The van der Waals surface area contributed by atoms with Gasteiger partial charge in [0.25, 0.3) is 10.0 Å². The van der Waals surface area contributed by atoms with E-state index in [0.29, 0.717) is 35.8 Å². The molecular formula is C22H21N3O4S. The van der Waals surface area contributed by atoms with Crippen LogP contribution in [0.1, 0.15) is 5.56 Å². The molecule has 1 heterocycles. The van der Waals surface area contributed by atoms with Gasteiger partial charge in [0, 0.05) is 24.0 Å². The van der Waals surface area contributed by atoms with Crippen molar-refractivity contribution in [3.8, 4) is 5.75 Å². The van der Waals surface area contributed by atoms with Crippen LogP contribution in [0.15, 0.2) is 77.7 Å². The highest BCUT2D eigenvalue weighted by Gasteiger charge is 2.30. The Morgan fingerprint density at radius 3 is 2.40 bits per heavy atom. The number of urea groups is 1. The van der Waals surface area contributed by atoms with Crippen molar-refractivity contribution >= 4 is 33.1 Å². The van der Waals surface area contributed by atoms with Crippen molar-refractivity contribution in [1.29, 1.82) is 0 Å². The maximum absolute atomic E-state index is 13.0. The Morgan fingerprint density at radius 1 is 0.933 bits per heavy atom. The number of amides is 2. The van der Waals surface area contributed by atoms with Crippen LogP contribution in [0.25, 0.3) is 0 Å². The summed E-state index contributed by atoms with van der Waals surface area (Å²) in [6, 6.07) is 20.3. The van der Waals surface area contributed by atoms with E-state index in [2.05, 4.69) is 10.6 Å². The second-order valence-corrected chi connectivity index (χ2v) is 8.66. The maximum atomic E-state index is 13.0. The van der Waals surface area contributed by atoms with Crippen molar-refractivity contribution in [1.82, 2.24) is 0 Å². The van der Waals surface area contributed by atoms with E-state index in [1.54, 1.807) is 79.9 Å². The maximum Gasteiger partial charge on any atom is 0.323 e. The molecule has 0 bridgehead atoms. The minimum atomic E-state index is -3.61. The highest BCUT2D eigenvalue weighted by molar-refractivity contribution is 7.92. The lowest BCUT2D eigenvalue weighted by atomic mass is 10.1. The van der Waals surface area contributed by atoms with Gasteiger partial charge in [0.2, 0.25) is 0 Å². The van der Waals surface area contributed by atoms with E-state index in [1.165, 1.54) is 4.31 Å². The number of anilines is 3. The molecule has 154 valence electrons. The predicted octanol–water partition coefficient (Wildman–Crippen LogP) is 4.09.